The summed E-state index contributed by atoms with van der Waals surface area (Å²) in [6.07, 6.45) is 1.58. The van der Waals surface area contributed by atoms with Gasteiger partial charge in [0.05, 0.1) is 6.10 Å². The quantitative estimate of drug-likeness (QED) is 0.699. The second-order valence-electron chi connectivity index (χ2n) is 3.87. The number of piperazine rings is 1. The molecule has 2 unspecified atom stereocenters. The van der Waals surface area contributed by atoms with Crippen LogP contribution in [0.1, 0.15) is 20.3 Å². The summed E-state index contributed by atoms with van der Waals surface area (Å²) in [5, 5.41) is 3.51. The minimum Gasteiger partial charge on any atom is -0.380 e. The molecule has 3 heteroatoms. The molecule has 1 N–H and O–H groups in total. The van der Waals surface area contributed by atoms with Gasteiger partial charge in [0.1, 0.15) is 0 Å². The van der Waals surface area contributed by atoms with Crippen LogP contribution in [0.15, 0.2) is 0 Å². The standard InChI is InChI=1S/C10H22N2O/c1-4-10-8-12(6-5-11-10)7-9(2)13-3/h9-11H,4-8H2,1-3H3. The Balaban J connectivity index is 2.25. The number of methoxy groups -OCH3 is 1. The van der Waals surface area contributed by atoms with Crippen molar-refractivity contribution in [3.8, 4) is 0 Å². The molecule has 13 heavy (non-hydrogen) atoms. The summed E-state index contributed by atoms with van der Waals surface area (Å²) in [5.41, 5.74) is 0. The zero-order valence-electron chi connectivity index (χ0n) is 9.05. The summed E-state index contributed by atoms with van der Waals surface area (Å²) < 4.78 is 5.26. The maximum Gasteiger partial charge on any atom is 0.0670 e. The van der Waals surface area contributed by atoms with Crippen LogP contribution in [0, 0.1) is 0 Å². The molecule has 0 aromatic rings. The number of hydrogen-bond acceptors (Lipinski definition) is 3. The number of nitrogens with zero attached hydrogens (tertiary/aromatic N) is 1. The van der Waals surface area contributed by atoms with E-state index in [9.17, 15) is 0 Å². The summed E-state index contributed by atoms with van der Waals surface area (Å²) >= 11 is 0. The van der Waals surface area contributed by atoms with E-state index in [1.54, 1.807) is 7.11 Å². The van der Waals surface area contributed by atoms with E-state index in [1.165, 1.54) is 13.0 Å². The molecule has 1 rings (SSSR count). The van der Waals surface area contributed by atoms with Gasteiger partial charge in [-0.3, -0.25) is 4.90 Å². The van der Waals surface area contributed by atoms with Gasteiger partial charge in [0.25, 0.3) is 0 Å². The average Bonchev–Trinajstić information content (AvgIpc) is 2.18. The van der Waals surface area contributed by atoms with Crippen LogP contribution >= 0.6 is 0 Å². The molecule has 0 amide bonds. The third-order valence-electron chi connectivity index (χ3n) is 2.75. The summed E-state index contributed by atoms with van der Waals surface area (Å²) in [4.78, 5) is 2.48. The second-order valence-corrected chi connectivity index (χ2v) is 3.87. The normalized spacial score (nSPS) is 27.5. The lowest BCUT2D eigenvalue weighted by atomic mass is 10.1. The van der Waals surface area contributed by atoms with Gasteiger partial charge in [0.2, 0.25) is 0 Å². The van der Waals surface area contributed by atoms with Crippen molar-refractivity contribution in [2.45, 2.75) is 32.4 Å². The zero-order chi connectivity index (χ0) is 9.68. The topological polar surface area (TPSA) is 24.5 Å². The van der Waals surface area contributed by atoms with Crippen molar-refractivity contribution in [2.24, 2.45) is 0 Å². The molecular weight excluding hydrogens is 164 g/mol. The summed E-state index contributed by atoms with van der Waals surface area (Å²) in [6, 6.07) is 0.679. The monoisotopic (exact) mass is 186 g/mol. The average molecular weight is 186 g/mol. The molecule has 0 aromatic heterocycles. The van der Waals surface area contributed by atoms with Gasteiger partial charge >= 0.3 is 0 Å². The number of ether oxygens (including phenoxy) is 1. The van der Waals surface area contributed by atoms with Crippen molar-refractivity contribution >= 4 is 0 Å². The first-order chi connectivity index (χ1) is 6.26. The largest absolute Gasteiger partial charge is 0.380 e. The molecule has 3 nitrogen and oxygen atoms in total. The van der Waals surface area contributed by atoms with E-state index in [0.29, 0.717) is 12.1 Å². The van der Waals surface area contributed by atoms with Gasteiger partial charge in [0.15, 0.2) is 0 Å². The lowest BCUT2D eigenvalue weighted by Crippen LogP contribution is -2.51. The van der Waals surface area contributed by atoms with Crippen molar-refractivity contribution in [1.29, 1.82) is 0 Å². The highest BCUT2D eigenvalue weighted by atomic mass is 16.5. The number of hydrogen-bond donors (Lipinski definition) is 1. The minimum absolute atomic E-state index is 0.357. The molecular formula is C10H22N2O. The Bertz CT molecular complexity index is 139. The molecule has 0 radical (unpaired) electrons. The predicted molar refractivity (Wildman–Crippen MR) is 55.0 cm³/mol. The van der Waals surface area contributed by atoms with E-state index in [0.717, 1.165) is 19.6 Å². The highest BCUT2D eigenvalue weighted by Gasteiger charge is 2.18. The fourth-order valence-corrected chi connectivity index (χ4v) is 1.77. The third kappa shape index (κ3) is 3.63. The van der Waals surface area contributed by atoms with Gasteiger partial charge in [-0.15, -0.1) is 0 Å². The van der Waals surface area contributed by atoms with Crippen molar-refractivity contribution < 1.29 is 4.74 Å². The van der Waals surface area contributed by atoms with Crippen LogP contribution in [-0.2, 0) is 4.74 Å². The molecule has 1 aliphatic heterocycles. The van der Waals surface area contributed by atoms with Crippen LogP contribution in [0.2, 0.25) is 0 Å². The van der Waals surface area contributed by atoms with E-state index in [2.05, 4.69) is 24.1 Å². The van der Waals surface area contributed by atoms with Crippen LogP contribution in [-0.4, -0.2) is 50.3 Å². The van der Waals surface area contributed by atoms with Gasteiger partial charge in [-0.2, -0.15) is 0 Å². The van der Waals surface area contributed by atoms with Crippen LogP contribution < -0.4 is 5.32 Å². The Morgan fingerprint density at radius 2 is 2.38 bits per heavy atom. The molecule has 78 valence electrons. The van der Waals surface area contributed by atoms with Crippen LogP contribution in [0.4, 0.5) is 0 Å². The maximum atomic E-state index is 5.26. The van der Waals surface area contributed by atoms with Crippen LogP contribution in [0.25, 0.3) is 0 Å². The van der Waals surface area contributed by atoms with Gasteiger partial charge in [-0.25, -0.2) is 0 Å². The molecule has 0 aromatic carbocycles. The molecule has 1 aliphatic rings. The van der Waals surface area contributed by atoms with E-state index in [1.807, 2.05) is 0 Å². The van der Waals surface area contributed by atoms with E-state index < -0.39 is 0 Å². The molecule has 1 heterocycles. The highest BCUT2D eigenvalue weighted by molar-refractivity contribution is 4.78. The lowest BCUT2D eigenvalue weighted by molar-refractivity contribution is 0.0652. The molecule has 0 saturated carbocycles. The maximum absolute atomic E-state index is 5.26. The SMILES string of the molecule is CCC1CN(CC(C)OC)CCN1. The molecule has 0 bridgehead atoms. The number of rotatable bonds is 4. The fourth-order valence-electron chi connectivity index (χ4n) is 1.77. The Morgan fingerprint density at radius 1 is 1.62 bits per heavy atom. The lowest BCUT2D eigenvalue weighted by Gasteiger charge is -2.34. The first-order valence-electron chi connectivity index (χ1n) is 5.24. The third-order valence-corrected chi connectivity index (χ3v) is 2.75. The van der Waals surface area contributed by atoms with Gasteiger partial charge in [-0.05, 0) is 13.3 Å². The fraction of sp³-hybridized carbons (Fsp3) is 1.00. The van der Waals surface area contributed by atoms with Gasteiger partial charge in [0, 0.05) is 39.3 Å². The molecule has 0 aliphatic carbocycles. The second kappa shape index (κ2) is 5.58. The highest BCUT2D eigenvalue weighted by Crippen LogP contribution is 2.03. The van der Waals surface area contributed by atoms with E-state index >= 15 is 0 Å². The Labute approximate surface area is 81.4 Å². The van der Waals surface area contributed by atoms with Crippen molar-refractivity contribution in [2.75, 3.05) is 33.3 Å². The first kappa shape index (κ1) is 11.0. The van der Waals surface area contributed by atoms with Crippen molar-refractivity contribution in [3.05, 3.63) is 0 Å². The van der Waals surface area contributed by atoms with Crippen LogP contribution in [0.5, 0.6) is 0 Å². The van der Waals surface area contributed by atoms with Gasteiger partial charge < -0.3 is 10.1 Å². The Hall–Kier alpha value is -0.120. The van der Waals surface area contributed by atoms with E-state index in [4.69, 9.17) is 4.74 Å². The van der Waals surface area contributed by atoms with Gasteiger partial charge in [-0.1, -0.05) is 6.92 Å². The summed E-state index contributed by atoms with van der Waals surface area (Å²) in [6.45, 7) is 8.88. The first-order valence-corrected chi connectivity index (χ1v) is 5.24. The Morgan fingerprint density at radius 3 is 3.00 bits per heavy atom. The van der Waals surface area contributed by atoms with Crippen molar-refractivity contribution in [1.82, 2.24) is 10.2 Å². The van der Waals surface area contributed by atoms with Crippen molar-refractivity contribution in [3.63, 3.8) is 0 Å². The molecule has 1 fully saturated rings. The zero-order valence-corrected chi connectivity index (χ0v) is 9.05. The minimum atomic E-state index is 0.357. The molecule has 2 atom stereocenters. The summed E-state index contributed by atoms with van der Waals surface area (Å²) in [7, 11) is 1.78. The smallest absolute Gasteiger partial charge is 0.0670 e. The summed E-state index contributed by atoms with van der Waals surface area (Å²) in [5.74, 6) is 0. The number of nitrogens with one attached hydrogen (secondary N) is 1. The molecule has 0 spiro atoms. The predicted octanol–water partition coefficient (Wildman–Crippen LogP) is 0.705. The molecule has 1 saturated heterocycles. The Kier molecular flexibility index (Phi) is 4.70. The van der Waals surface area contributed by atoms with Crippen LogP contribution in [0.3, 0.4) is 0 Å². The van der Waals surface area contributed by atoms with E-state index in [-0.39, 0.29) is 0 Å².